The molecule has 5 rings (SSSR count). The SMILES string of the molecule is COc1cc(O)c2c(c1C(=O)NCc1c(C)c(C)c(OCc3ccc(F)cc3)c(C)c1C)OC1=CC(=O)C(C(C)=O)C(=O)[C@]12C. The molecule has 0 spiro atoms. The third kappa shape index (κ3) is 5.04. The summed E-state index contributed by atoms with van der Waals surface area (Å²) in [5.74, 6) is -4.37. The number of phenolic OH excluding ortho intramolecular Hbond substituents is 1. The van der Waals surface area contributed by atoms with Crippen molar-refractivity contribution in [3.63, 3.8) is 0 Å². The second-order valence-electron chi connectivity index (χ2n) is 11.6. The second kappa shape index (κ2) is 11.5. The quantitative estimate of drug-likeness (QED) is 0.332. The molecule has 45 heavy (non-hydrogen) atoms. The minimum absolute atomic E-state index is 0.00108. The van der Waals surface area contributed by atoms with Gasteiger partial charge in [0.05, 0.1) is 12.7 Å². The molecule has 0 bridgehead atoms. The van der Waals surface area contributed by atoms with Crippen LogP contribution in [-0.4, -0.2) is 35.5 Å². The van der Waals surface area contributed by atoms with E-state index in [0.717, 1.165) is 46.4 Å². The monoisotopic (exact) mass is 615 g/mol. The van der Waals surface area contributed by atoms with E-state index < -0.39 is 34.6 Å². The van der Waals surface area contributed by atoms with E-state index in [9.17, 15) is 28.7 Å². The lowest BCUT2D eigenvalue weighted by molar-refractivity contribution is -0.140. The summed E-state index contributed by atoms with van der Waals surface area (Å²) in [6.45, 7) is 10.7. The lowest BCUT2D eigenvalue weighted by Gasteiger charge is -2.30. The van der Waals surface area contributed by atoms with Gasteiger partial charge >= 0.3 is 0 Å². The summed E-state index contributed by atoms with van der Waals surface area (Å²) in [7, 11) is 1.33. The molecule has 2 N–H and O–H groups in total. The number of carbonyl (C=O) groups excluding carboxylic acids is 4. The Balaban J connectivity index is 1.47. The standard InChI is InChI=1S/C35H34FNO8/c1-16-18(3)31(44-15-21-8-10-22(36)11-9-21)19(4)17(2)23(16)14-37-34(42)29-26(43-7)12-25(40)30-32(29)45-27-13-24(39)28(20(5)38)33(41)35(27,30)6/h8-13,28,40H,14-15H2,1-7H3,(H,37,42)/t28?,35-/m1/s1. The van der Waals surface area contributed by atoms with E-state index in [2.05, 4.69) is 5.32 Å². The van der Waals surface area contributed by atoms with Gasteiger partial charge in [0.2, 0.25) is 0 Å². The number of fused-ring (bicyclic) bond motifs is 3. The zero-order valence-electron chi connectivity index (χ0n) is 26.1. The maximum absolute atomic E-state index is 13.8. The van der Waals surface area contributed by atoms with E-state index in [1.165, 1.54) is 32.2 Å². The van der Waals surface area contributed by atoms with Crippen LogP contribution in [0.25, 0.3) is 0 Å². The number of hydrogen-bond acceptors (Lipinski definition) is 8. The first-order valence-corrected chi connectivity index (χ1v) is 14.4. The van der Waals surface area contributed by atoms with E-state index in [4.69, 9.17) is 14.2 Å². The number of Topliss-reactive ketones (excluding diaryl/α,β-unsaturated/α-hetero) is 2. The summed E-state index contributed by atoms with van der Waals surface area (Å²) in [6.07, 6.45) is 1.08. The molecule has 0 aromatic heterocycles. The maximum Gasteiger partial charge on any atom is 0.259 e. The molecule has 0 saturated carbocycles. The Kier molecular flexibility index (Phi) is 8.03. The average molecular weight is 616 g/mol. The number of nitrogens with one attached hydrogen (secondary N) is 1. The van der Waals surface area contributed by atoms with E-state index in [-0.39, 0.29) is 53.1 Å². The van der Waals surface area contributed by atoms with Gasteiger partial charge in [0, 0.05) is 18.7 Å². The predicted octanol–water partition coefficient (Wildman–Crippen LogP) is 5.17. The first kappa shape index (κ1) is 31.4. The highest BCUT2D eigenvalue weighted by Crippen LogP contribution is 2.56. The van der Waals surface area contributed by atoms with Crippen molar-refractivity contribution in [3.05, 3.63) is 92.5 Å². The van der Waals surface area contributed by atoms with Crippen LogP contribution in [0.3, 0.4) is 0 Å². The van der Waals surface area contributed by atoms with Crippen LogP contribution in [0.1, 0.15) is 63.1 Å². The molecule has 1 heterocycles. The molecule has 1 unspecified atom stereocenters. The minimum Gasteiger partial charge on any atom is -0.507 e. The molecule has 1 aliphatic carbocycles. The molecular formula is C35H34FNO8. The van der Waals surface area contributed by atoms with Crippen LogP contribution in [0, 0.1) is 39.4 Å². The van der Waals surface area contributed by atoms with E-state index in [1.807, 2.05) is 27.7 Å². The number of halogens is 1. The van der Waals surface area contributed by atoms with Crippen LogP contribution in [0.4, 0.5) is 4.39 Å². The van der Waals surface area contributed by atoms with Crippen molar-refractivity contribution in [2.75, 3.05) is 7.11 Å². The van der Waals surface area contributed by atoms with Crippen molar-refractivity contribution < 1.29 is 42.9 Å². The first-order valence-electron chi connectivity index (χ1n) is 14.4. The normalized spacial score (nSPS) is 18.5. The van der Waals surface area contributed by atoms with Gasteiger partial charge in [-0.2, -0.15) is 0 Å². The van der Waals surface area contributed by atoms with E-state index in [1.54, 1.807) is 12.1 Å². The molecule has 10 heteroatoms. The number of ketones is 3. The fourth-order valence-corrected chi connectivity index (χ4v) is 6.18. The van der Waals surface area contributed by atoms with Crippen LogP contribution < -0.4 is 19.5 Å². The number of methoxy groups -OCH3 is 1. The number of phenols is 1. The fourth-order valence-electron chi connectivity index (χ4n) is 6.18. The van der Waals surface area contributed by atoms with Crippen molar-refractivity contribution in [2.24, 2.45) is 5.92 Å². The minimum atomic E-state index is -1.66. The Labute approximate surface area is 260 Å². The van der Waals surface area contributed by atoms with Gasteiger partial charge in [-0.25, -0.2) is 4.39 Å². The van der Waals surface area contributed by atoms with Gasteiger partial charge in [0.25, 0.3) is 5.91 Å². The van der Waals surface area contributed by atoms with Gasteiger partial charge in [-0.05, 0) is 87.1 Å². The molecule has 3 aromatic rings. The third-order valence-electron chi connectivity index (χ3n) is 9.03. The molecule has 9 nitrogen and oxygen atoms in total. The zero-order chi connectivity index (χ0) is 33.0. The van der Waals surface area contributed by atoms with E-state index >= 15 is 0 Å². The summed E-state index contributed by atoms with van der Waals surface area (Å²) >= 11 is 0. The molecule has 1 amide bonds. The molecule has 234 valence electrons. The van der Waals surface area contributed by atoms with Gasteiger partial charge in [0.1, 0.15) is 58.1 Å². The number of rotatable bonds is 8. The van der Waals surface area contributed by atoms with Crippen LogP contribution in [0.15, 0.2) is 42.2 Å². The summed E-state index contributed by atoms with van der Waals surface area (Å²) in [4.78, 5) is 52.2. The van der Waals surface area contributed by atoms with Crippen molar-refractivity contribution in [3.8, 4) is 23.0 Å². The number of amides is 1. The van der Waals surface area contributed by atoms with Crippen LogP contribution in [0.2, 0.25) is 0 Å². The Morgan fingerprint density at radius 1 is 1.04 bits per heavy atom. The molecular weight excluding hydrogens is 581 g/mol. The Hall–Kier alpha value is -4.99. The second-order valence-corrected chi connectivity index (χ2v) is 11.6. The number of hydrogen-bond donors (Lipinski definition) is 2. The van der Waals surface area contributed by atoms with Crippen LogP contribution >= 0.6 is 0 Å². The van der Waals surface area contributed by atoms with Gasteiger partial charge in [0.15, 0.2) is 17.3 Å². The lowest BCUT2D eigenvalue weighted by atomic mass is 9.67. The number of aromatic hydroxyl groups is 1. The molecule has 0 fully saturated rings. The average Bonchev–Trinajstić information content (AvgIpc) is 3.29. The molecule has 0 radical (unpaired) electrons. The molecule has 1 aliphatic heterocycles. The highest BCUT2D eigenvalue weighted by atomic mass is 19.1. The number of carbonyl (C=O) groups is 4. The molecule has 3 aromatic carbocycles. The van der Waals surface area contributed by atoms with Crippen molar-refractivity contribution >= 4 is 23.3 Å². The van der Waals surface area contributed by atoms with Crippen LogP contribution in [-0.2, 0) is 33.0 Å². The van der Waals surface area contributed by atoms with Crippen molar-refractivity contribution in [1.82, 2.24) is 5.32 Å². The number of benzene rings is 3. The predicted molar refractivity (Wildman–Crippen MR) is 162 cm³/mol. The Morgan fingerprint density at radius 3 is 2.24 bits per heavy atom. The maximum atomic E-state index is 13.8. The first-order chi connectivity index (χ1) is 21.2. The summed E-state index contributed by atoms with van der Waals surface area (Å²) in [5, 5.41) is 13.9. The summed E-state index contributed by atoms with van der Waals surface area (Å²) in [6, 6.07) is 7.33. The van der Waals surface area contributed by atoms with Gasteiger partial charge in [-0.3, -0.25) is 19.2 Å². The van der Waals surface area contributed by atoms with Gasteiger partial charge < -0.3 is 24.6 Å². The Morgan fingerprint density at radius 2 is 1.67 bits per heavy atom. The molecule has 2 atom stereocenters. The number of ether oxygens (including phenoxy) is 3. The topological polar surface area (TPSA) is 128 Å². The molecule has 0 saturated heterocycles. The lowest BCUT2D eigenvalue weighted by Crippen LogP contribution is -2.47. The van der Waals surface area contributed by atoms with Gasteiger partial charge in [-0.1, -0.05) is 12.1 Å². The fraction of sp³-hybridized carbons (Fsp3) is 0.314. The number of allylic oxidation sites excluding steroid dienone is 2. The Bertz CT molecular complexity index is 1800. The summed E-state index contributed by atoms with van der Waals surface area (Å²) < 4.78 is 30.8. The third-order valence-corrected chi connectivity index (χ3v) is 9.03. The summed E-state index contributed by atoms with van der Waals surface area (Å²) in [5.41, 5.74) is 3.57. The van der Waals surface area contributed by atoms with Gasteiger partial charge in [-0.15, -0.1) is 0 Å². The van der Waals surface area contributed by atoms with E-state index in [0.29, 0.717) is 5.75 Å². The van der Waals surface area contributed by atoms with Crippen molar-refractivity contribution in [1.29, 1.82) is 0 Å². The highest BCUT2D eigenvalue weighted by molar-refractivity contribution is 6.27. The molecule has 2 aliphatic rings. The van der Waals surface area contributed by atoms with Crippen molar-refractivity contribution in [2.45, 2.75) is 60.1 Å². The van der Waals surface area contributed by atoms with Crippen LogP contribution in [0.5, 0.6) is 23.0 Å². The smallest absolute Gasteiger partial charge is 0.259 e. The largest absolute Gasteiger partial charge is 0.507 e. The highest BCUT2D eigenvalue weighted by Gasteiger charge is 2.58. The zero-order valence-corrected chi connectivity index (χ0v) is 26.1.